The first kappa shape index (κ1) is 13.1. The Hall–Kier alpha value is -2.37. The number of piperidine rings is 1. The first-order chi connectivity index (χ1) is 11.4. The van der Waals surface area contributed by atoms with Crippen LogP contribution in [-0.4, -0.2) is 37.8 Å². The van der Waals surface area contributed by atoms with Crippen molar-refractivity contribution in [1.29, 1.82) is 0 Å². The smallest absolute Gasteiger partial charge is 0.203 e. The summed E-state index contributed by atoms with van der Waals surface area (Å²) in [5.41, 5.74) is 2.14. The van der Waals surface area contributed by atoms with Crippen LogP contribution in [0.1, 0.15) is 36.8 Å². The molecular formula is C17H20N6. The molecule has 1 fully saturated rings. The highest BCUT2D eigenvalue weighted by atomic mass is 15.3. The lowest BCUT2D eigenvalue weighted by molar-refractivity contribution is 0.469. The third-order valence-corrected chi connectivity index (χ3v) is 5.10. The number of aryl methyl sites for hydroxylation is 1. The fraction of sp³-hybridized carbons (Fsp3) is 0.471. The van der Waals surface area contributed by atoms with Gasteiger partial charge in [0, 0.05) is 32.0 Å². The Morgan fingerprint density at radius 1 is 1.09 bits per heavy atom. The Bertz CT molecular complexity index is 815. The van der Waals surface area contributed by atoms with E-state index in [1.807, 2.05) is 12.1 Å². The lowest BCUT2D eigenvalue weighted by Gasteiger charge is -2.32. The molecule has 0 unspecified atom stereocenters. The summed E-state index contributed by atoms with van der Waals surface area (Å²) in [5.74, 6) is 3.78. The molecule has 1 atom stereocenters. The van der Waals surface area contributed by atoms with Crippen LogP contribution in [0.5, 0.6) is 0 Å². The minimum absolute atomic E-state index is 0.455. The molecule has 6 heteroatoms. The quantitative estimate of drug-likeness (QED) is 0.790. The number of aromatic amines is 1. The highest BCUT2D eigenvalue weighted by Crippen LogP contribution is 2.30. The fourth-order valence-electron chi connectivity index (χ4n) is 3.94. The van der Waals surface area contributed by atoms with Gasteiger partial charge in [-0.1, -0.05) is 12.1 Å². The molecule has 118 valence electrons. The first-order valence-corrected chi connectivity index (χ1v) is 8.50. The standard InChI is InChI=1S/C17H20N6/c1-2-7-14-13(6-1)18-17(19-14)22-9-3-5-12(11-22)16-21-20-15-8-4-10-23(15)16/h1-2,6-7,12H,3-5,8-11H2,(H,18,19)/t12-/m0/s1. The zero-order valence-corrected chi connectivity index (χ0v) is 13.1. The van der Waals surface area contributed by atoms with Crippen LogP contribution < -0.4 is 4.90 Å². The van der Waals surface area contributed by atoms with Gasteiger partial charge in [0.1, 0.15) is 11.6 Å². The maximum atomic E-state index is 4.75. The van der Waals surface area contributed by atoms with E-state index in [0.29, 0.717) is 5.92 Å². The van der Waals surface area contributed by atoms with E-state index in [9.17, 15) is 0 Å². The van der Waals surface area contributed by atoms with Crippen LogP contribution >= 0.6 is 0 Å². The van der Waals surface area contributed by atoms with E-state index >= 15 is 0 Å². The molecule has 2 aliphatic heterocycles. The summed E-state index contributed by atoms with van der Waals surface area (Å²) in [4.78, 5) is 10.6. The molecular weight excluding hydrogens is 288 g/mol. The van der Waals surface area contributed by atoms with Crippen molar-refractivity contribution in [3.63, 3.8) is 0 Å². The van der Waals surface area contributed by atoms with E-state index in [-0.39, 0.29) is 0 Å². The van der Waals surface area contributed by atoms with Crippen LogP contribution in [0.3, 0.4) is 0 Å². The summed E-state index contributed by atoms with van der Waals surface area (Å²) >= 11 is 0. The molecule has 1 N–H and O–H groups in total. The minimum Gasteiger partial charge on any atom is -0.342 e. The van der Waals surface area contributed by atoms with Crippen molar-refractivity contribution in [2.75, 3.05) is 18.0 Å². The molecule has 0 aliphatic carbocycles. The SMILES string of the molecule is c1ccc2[nH]c(N3CCC[C@H](c4nnc5n4CCC5)C3)nc2c1. The van der Waals surface area contributed by atoms with E-state index < -0.39 is 0 Å². The second-order valence-corrected chi connectivity index (χ2v) is 6.59. The Morgan fingerprint density at radius 3 is 3.00 bits per heavy atom. The van der Waals surface area contributed by atoms with Gasteiger partial charge in [0.15, 0.2) is 0 Å². The van der Waals surface area contributed by atoms with Gasteiger partial charge < -0.3 is 14.5 Å². The van der Waals surface area contributed by atoms with Gasteiger partial charge in [0.05, 0.1) is 11.0 Å². The van der Waals surface area contributed by atoms with Gasteiger partial charge in [-0.3, -0.25) is 0 Å². The summed E-state index contributed by atoms with van der Waals surface area (Å²) < 4.78 is 2.34. The predicted octanol–water partition coefficient (Wildman–Crippen LogP) is 2.48. The third-order valence-electron chi connectivity index (χ3n) is 5.10. The van der Waals surface area contributed by atoms with Crippen LogP contribution in [0, 0.1) is 0 Å². The highest BCUT2D eigenvalue weighted by Gasteiger charge is 2.29. The number of fused-ring (bicyclic) bond motifs is 2. The number of nitrogens with one attached hydrogen (secondary N) is 1. The van der Waals surface area contributed by atoms with Gasteiger partial charge >= 0.3 is 0 Å². The lowest BCUT2D eigenvalue weighted by Crippen LogP contribution is -2.36. The van der Waals surface area contributed by atoms with Gasteiger partial charge in [0.25, 0.3) is 0 Å². The van der Waals surface area contributed by atoms with Crippen molar-refractivity contribution in [2.45, 2.75) is 38.1 Å². The molecule has 0 radical (unpaired) electrons. The predicted molar refractivity (Wildman–Crippen MR) is 88.6 cm³/mol. The molecule has 1 aromatic carbocycles. The van der Waals surface area contributed by atoms with Gasteiger partial charge in [-0.05, 0) is 31.4 Å². The highest BCUT2D eigenvalue weighted by molar-refractivity contribution is 5.77. The van der Waals surface area contributed by atoms with Gasteiger partial charge in [-0.25, -0.2) is 4.98 Å². The average Bonchev–Trinajstić information content (AvgIpc) is 3.29. The number of aromatic nitrogens is 5. The molecule has 1 saturated heterocycles. The van der Waals surface area contributed by atoms with Crippen molar-refractivity contribution in [3.05, 3.63) is 35.9 Å². The molecule has 0 amide bonds. The Kier molecular flexibility index (Phi) is 2.89. The van der Waals surface area contributed by atoms with Crippen molar-refractivity contribution < 1.29 is 0 Å². The first-order valence-electron chi connectivity index (χ1n) is 8.50. The topological polar surface area (TPSA) is 62.6 Å². The molecule has 2 aliphatic rings. The Labute approximate surface area is 134 Å². The molecule has 23 heavy (non-hydrogen) atoms. The fourth-order valence-corrected chi connectivity index (χ4v) is 3.94. The zero-order chi connectivity index (χ0) is 15.2. The van der Waals surface area contributed by atoms with Gasteiger partial charge in [-0.2, -0.15) is 0 Å². The molecule has 0 saturated carbocycles. The molecule has 6 nitrogen and oxygen atoms in total. The Morgan fingerprint density at radius 2 is 2.04 bits per heavy atom. The molecule has 5 rings (SSSR count). The number of benzene rings is 1. The van der Waals surface area contributed by atoms with Crippen LogP contribution in [0.15, 0.2) is 24.3 Å². The van der Waals surface area contributed by atoms with Crippen molar-refractivity contribution in [3.8, 4) is 0 Å². The lowest BCUT2D eigenvalue weighted by atomic mass is 9.97. The number of rotatable bonds is 2. The maximum Gasteiger partial charge on any atom is 0.203 e. The van der Waals surface area contributed by atoms with Crippen molar-refractivity contribution in [2.24, 2.45) is 0 Å². The van der Waals surface area contributed by atoms with Crippen LogP contribution in [0.25, 0.3) is 11.0 Å². The second kappa shape index (κ2) is 5.08. The second-order valence-electron chi connectivity index (χ2n) is 6.59. The van der Waals surface area contributed by atoms with E-state index in [0.717, 1.165) is 43.0 Å². The summed E-state index contributed by atoms with van der Waals surface area (Å²) in [7, 11) is 0. The minimum atomic E-state index is 0.455. The number of nitrogens with zero attached hydrogens (tertiary/aromatic N) is 5. The summed E-state index contributed by atoms with van der Waals surface area (Å²) in [6.07, 6.45) is 4.64. The van der Waals surface area contributed by atoms with E-state index in [2.05, 4.69) is 36.8 Å². The van der Waals surface area contributed by atoms with E-state index in [4.69, 9.17) is 4.98 Å². The van der Waals surface area contributed by atoms with Crippen LogP contribution in [0.4, 0.5) is 5.95 Å². The number of hydrogen-bond acceptors (Lipinski definition) is 4. The van der Waals surface area contributed by atoms with Crippen LogP contribution in [0.2, 0.25) is 0 Å². The Balaban J connectivity index is 1.44. The summed E-state index contributed by atoms with van der Waals surface area (Å²) in [6, 6.07) is 8.22. The number of H-pyrrole nitrogens is 1. The largest absolute Gasteiger partial charge is 0.342 e. The number of imidazole rings is 1. The molecule has 3 aromatic rings. The third kappa shape index (κ3) is 2.12. The number of hydrogen-bond donors (Lipinski definition) is 1. The molecule has 4 heterocycles. The number of para-hydroxylation sites is 2. The normalized spacial score (nSPS) is 21.0. The van der Waals surface area contributed by atoms with Crippen molar-refractivity contribution >= 4 is 17.0 Å². The van der Waals surface area contributed by atoms with Crippen LogP contribution in [-0.2, 0) is 13.0 Å². The summed E-state index contributed by atoms with van der Waals surface area (Å²) in [5, 5.41) is 8.86. The molecule has 0 spiro atoms. The monoisotopic (exact) mass is 308 g/mol. The average molecular weight is 308 g/mol. The zero-order valence-electron chi connectivity index (χ0n) is 13.1. The molecule has 2 aromatic heterocycles. The number of anilines is 1. The summed E-state index contributed by atoms with van der Waals surface area (Å²) in [6.45, 7) is 3.11. The maximum absolute atomic E-state index is 4.75. The van der Waals surface area contributed by atoms with Crippen molar-refractivity contribution in [1.82, 2.24) is 24.7 Å². The van der Waals surface area contributed by atoms with Gasteiger partial charge in [-0.15, -0.1) is 10.2 Å². The molecule has 0 bridgehead atoms. The van der Waals surface area contributed by atoms with Gasteiger partial charge in [0.2, 0.25) is 5.95 Å². The van der Waals surface area contributed by atoms with E-state index in [1.165, 1.54) is 30.9 Å². The van der Waals surface area contributed by atoms with E-state index in [1.54, 1.807) is 0 Å².